The zero-order valence-corrected chi connectivity index (χ0v) is 7.44. The third-order valence-electron chi connectivity index (χ3n) is 0. The topological polar surface area (TPSA) is 192 Å². The van der Waals surface area contributed by atoms with Gasteiger partial charge in [0.2, 0.25) is 0 Å². The molecular formula is C5H13O9+. The maximum Gasteiger partial charge on any atom is 1.00 e. The SMILES string of the molecule is CO.CO.O.O.O=C=O.O=C=O.[C-]#[O+].[H+]. The van der Waals surface area contributed by atoms with Crippen molar-refractivity contribution in [3.8, 4) is 0 Å². The van der Waals surface area contributed by atoms with Gasteiger partial charge in [0.05, 0.1) is 0 Å². The van der Waals surface area contributed by atoms with Crippen LogP contribution in [0.25, 0.3) is 0 Å². The normalized spacial score (nSPS) is 2.14. The molecule has 0 spiro atoms. The van der Waals surface area contributed by atoms with Crippen LogP contribution in [0.2, 0.25) is 0 Å². The second-order valence-electron chi connectivity index (χ2n) is 0.167. The number of aliphatic hydroxyl groups is 2. The fourth-order valence-electron chi connectivity index (χ4n) is 0. The molecular weight excluding hydrogens is 204 g/mol. The Bertz CT molecular complexity index is 98.9. The van der Waals surface area contributed by atoms with Gasteiger partial charge in [-0.15, -0.1) is 0 Å². The molecule has 0 saturated heterocycles. The fraction of sp³-hybridized carbons (Fsp3) is 0.400. The number of carbonyl (C=O) groups excluding carboxylic acids is 4. The van der Waals surface area contributed by atoms with Crippen LogP contribution in [0.1, 0.15) is 1.43 Å². The maximum absolute atomic E-state index is 8.12. The first-order chi connectivity index (χ1) is 5.83. The minimum Gasteiger partial charge on any atom is 1.00 e. The molecule has 0 atom stereocenters. The molecule has 9 heteroatoms. The van der Waals surface area contributed by atoms with E-state index >= 15 is 0 Å². The molecule has 0 amide bonds. The second-order valence-corrected chi connectivity index (χ2v) is 0.167. The number of hydrogen-bond donors (Lipinski definition) is 2. The van der Waals surface area contributed by atoms with Gasteiger partial charge in [-0.1, -0.05) is 0 Å². The molecule has 0 aromatic carbocycles. The van der Waals surface area contributed by atoms with Gasteiger partial charge < -0.3 is 21.2 Å². The summed E-state index contributed by atoms with van der Waals surface area (Å²) in [6.45, 7) is 4.50. The Balaban J connectivity index is -0.00000000658. The molecule has 0 aliphatic heterocycles. The van der Waals surface area contributed by atoms with E-state index < -0.39 is 0 Å². The standard InChI is InChI=1S/2CO2.2CH4O.CO.2H2O/c2*2-1-3;3*1-2;;/h;;2*2H,1H3;;2*1H2/p+1. The van der Waals surface area contributed by atoms with Gasteiger partial charge in [-0.05, 0) is 0 Å². The van der Waals surface area contributed by atoms with E-state index in [1.54, 1.807) is 0 Å². The van der Waals surface area contributed by atoms with Gasteiger partial charge in [-0.2, -0.15) is 19.2 Å². The largest absolute Gasteiger partial charge is 1.00 e. The number of aliphatic hydroxyl groups excluding tert-OH is 2. The van der Waals surface area contributed by atoms with Crippen molar-refractivity contribution in [3.05, 3.63) is 6.65 Å². The zero-order valence-electron chi connectivity index (χ0n) is 8.44. The molecule has 9 nitrogen and oxygen atoms in total. The van der Waals surface area contributed by atoms with E-state index in [9.17, 15) is 0 Å². The predicted molar refractivity (Wildman–Crippen MR) is 38.6 cm³/mol. The summed E-state index contributed by atoms with van der Waals surface area (Å²) in [5.41, 5.74) is 0. The smallest absolute Gasteiger partial charge is 1.00 e. The molecule has 0 rings (SSSR count). The van der Waals surface area contributed by atoms with E-state index in [1.165, 1.54) is 0 Å². The van der Waals surface area contributed by atoms with Crippen molar-refractivity contribution in [3.63, 3.8) is 0 Å². The van der Waals surface area contributed by atoms with E-state index in [0.29, 0.717) is 0 Å². The molecule has 0 aromatic heterocycles. The van der Waals surface area contributed by atoms with Crippen LogP contribution in [-0.4, -0.2) is 47.7 Å². The van der Waals surface area contributed by atoms with Crippen molar-refractivity contribution >= 4 is 12.3 Å². The molecule has 86 valence electrons. The third-order valence-corrected chi connectivity index (χ3v) is 0. The van der Waals surface area contributed by atoms with Gasteiger partial charge in [0.15, 0.2) is 0 Å². The van der Waals surface area contributed by atoms with Crippen molar-refractivity contribution in [2.75, 3.05) is 14.2 Å². The Morgan fingerprint density at radius 3 is 0.857 bits per heavy atom. The molecule has 0 heterocycles. The molecule has 0 aliphatic rings. The molecule has 0 fully saturated rings. The summed E-state index contributed by atoms with van der Waals surface area (Å²) in [6.07, 6.45) is 0.500. The minimum absolute atomic E-state index is 0. The van der Waals surface area contributed by atoms with Crippen LogP contribution in [0.4, 0.5) is 0 Å². The van der Waals surface area contributed by atoms with Gasteiger partial charge in [-0.3, -0.25) is 0 Å². The molecule has 0 bridgehead atoms. The van der Waals surface area contributed by atoms with Crippen molar-refractivity contribution < 1.29 is 46.4 Å². The molecule has 0 radical (unpaired) electrons. The van der Waals surface area contributed by atoms with Crippen LogP contribution in [0.15, 0.2) is 0 Å². The van der Waals surface area contributed by atoms with E-state index in [4.69, 9.17) is 34.0 Å². The average Bonchev–Trinajstić information content (AvgIpc) is 2.16. The second kappa shape index (κ2) is 10500. The number of hydrogen-bond acceptors (Lipinski definition) is 6. The molecule has 0 aliphatic carbocycles. The summed E-state index contributed by atoms with van der Waals surface area (Å²) < 4.78 is 7.50. The third kappa shape index (κ3) is 327. The quantitative estimate of drug-likeness (QED) is 0.311. The van der Waals surface area contributed by atoms with Gasteiger partial charge in [0.25, 0.3) is 0 Å². The van der Waals surface area contributed by atoms with Crippen molar-refractivity contribution in [1.82, 2.24) is 0 Å². The average molecular weight is 217 g/mol. The van der Waals surface area contributed by atoms with E-state index in [0.717, 1.165) is 14.2 Å². The summed E-state index contributed by atoms with van der Waals surface area (Å²) in [7, 11) is 2.00. The summed E-state index contributed by atoms with van der Waals surface area (Å²) in [6, 6.07) is 0. The zero-order chi connectivity index (χ0) is 11.4. The van der Waals surface area contributed by atoms with Gasteiger partial charge in [-0.25, -0.2) is 0 Å². The maximum atomic E-state index is 8.12. The van der Waals surface area contributed by atoms with Gasteiger partial charge in [0, 0.05) is 14.2 Å². The van der Waals surface area contributed by atoms with Crippen LogP contribution in [0.5, 0.6) is 0 Å². The Kier molecular flexibility index (Phi) is 41700. The van der Waals surface area contributed by atoms with Crippen molar-refractivity contribution in [2.45, 2.75) is 0 Å². The Hall–Kier alpha value is -1.66. The molecule has 0 unspecified atom stereocenters. The number of rotatable bonds is 0. The van der Waals surface area contributed by atoms with Crippen LogP contribution >= 0.6 is 0 Å². The van der Waals surface area contributed by atoms with Crippen LogP contribution in [-0.2, 0) is 23.8 Å². The van der Waals surface area contributed by atoms with E-state index in [2.05, 4.69) is 6.65 Å². The fourth-order valence-corrected chi connectivity index (χ4v) is 0. The first-order valence-corrected chi connectivity index (χ1v) is 1.92. The summed E-state index contributed by atoms with van der Waals surface area (Å²) in [4.78, 5) is 32.5. The van der Waals surface area contributed by atoms with Crippen molar-refractivity contribution in [2.24, 2.45) is 0 Å². The van der Waals surface area contributed by atoms with Crippen LogP contribution in [0, 0.1) is 6.65 Å². The van der Waals surface area contributed by atoms with Crippen LogP contribution < -0.4 is 0 Å². The Morgan fingerprint density at radius 1 is 0.857 bits per heavy atom. The van der Waals surface area contributed by atoms with Crippen molar-refractivity contribution in [1.29, 1.82) is 0 Å². The molecule has 0 aromatic rings. The van der Waals surface area contributed by atoms with E-state index in [-0.39, 0.29) is 24.7 Å². The van der Waals surface area contributed by atoms with Crippen LogP contribution in [0.3, 0.4) is 0 Å². The molecule has 6 N–H and O–H groups in total. The van der Waals surface area contributed by atoms with Gasteiger partial charge in [0.1, 0.15) is 0 Å². The summed E-state index contributed by atoms with van der Waals surface area (Å²) in [5, 5.41) is 14.0. The predicted octanol–water partition coefficient (Wildman–Crippen LogP) is -3.52. The summed E-state index contributed by atoms with van der Waals surface area (Å²) in [5.74, 6) is 0. The summed E-state index contributed by atoms with van der Waals surface area (Å²) >= 11 is 0. The molecule has 14 heavy (non-hydrogen) atoms. The first kappa shape index (κ1) is 55.6. The Morgan fingerprint density at radius 2 is 0.857 bits per heavy atom. The monoisotopic (exact) mass is 217 g/mol. The first-order valence-electron chi connectivity index (χ1n) is 1.92. The minimum atomic E-state index is 0. The van der Waals surface area contributed by atoms with Gasteiger partial charge >= 0.3 is 25.0 Å². The molecule has 0 saturated carbocycles. The van der Waals surface area contributed by atoms with E-state index in [1.807, 2.05) is 0 Å². The Labute approximate surface area is 80.8 Å².